The number of hydrogen-bond donors (Lipinski definition) is 1. The quantitative estimate of drug-likeness (QED) is 0.562. The SMILES string of the molecule is CC1=C(C(=O)OC2CCCC2)[C@@H](c2cccc(OCc3ccccc3)c2)C2=C(CCCC2=O)N1. The van der Waals surface area contributed by atoms with Crippen LogP contribution in [0.5, 0.6) is 5.75 Å². The van der Waals surface area contributed by atoms with E-state index in [1.54, 1.807) is 0 Å². The van der Waals surface area contributed by atoms with E-state index in [0.717, 1.165) is 61.0 Å². The summed E-state index contributed by atoms with van der Waals surface area (Å²) in [6, 6.07) is 17.8. The number of carbonyl (C=O) groups is 2. The Hall–Kier alpha value is -3.34. The third-order valence-electron chi connectivity index (χ3n) is 7.01. The number of dihydropyridines is 1. The highest BCUT2D eigenvalue weighted by molar-refractivity contribution is 6.03. The molecule has 3 aliphatic rings. The maximum atomic E-state index is 13.4. The maximum Gasteiger partial charge on any atom is 0.337 e. The van der Waals surface area contributed by atoms with E-state index < -0.39 is 5.92 Å². The number of Topliss-reactive ketones (excluding diaryl/α,β-unsaturated/α-hetero) is 1. The minimum absolute atomic E-state index is 0.0357. The second-order valence-corrected chi connectivity index (χ2v) is 9.42. The summed E-state index contributed by atoms with van der Waals surface area (Å²) < 4.78 is 12.0. The number of ether oxygens (including phenoxy) is 2. The summed E-state index contributed by atoms with van der Waals surface area (Å²) in [6.45, 7) is 2.37. The predicted octanol–water partition coefficient (Wildman–Crippen LogP) is 5.72. The van der Waals surface area contributed by atoms with Gasteiger partial charge in [0.2, 0.25) is 0 Å². The number of benzene rings is 2. The van der Waals surface area contributed by atoms with Crippen molar-refractivity contribution in [3.8, 4) is 5.75 Å². The molecule has 1 fully saturated rings. The summed E-state index contributed by atoms with van der Waals surface area (Å²) in [5.74, 6) is 0.0557. The molecule has 1 aliphatic heterocycles. The zero-order valence-electron chi connectivity index (χ0n) is 19.6. The van der Waals surface area contributed by atoms with Gasteiger partial charge < -0.3 is 14.8 Å². The lowest BCUT2D eigenvalue weighted by Crippen LogP contribution is -2.35. The number of esters is 1. The summed E-state index contributed by atoms with van der Waals surface area (Å²) in [5, 5.41) is 3.37. The molecule has 1 N–H and O–H groups in total. The average Bonchev–Trinajstić information content (AvgIpc) is 3.36. The molecule has 5 nitrogen and oxygen atoms in total. The second kappa shape index (κ2) is 9.88. The van der Waals surface area contributed by atoms with Crippen molar-refractivity contribution in [2.24, 2.45) is 0 Å². The topological polar surface area (TPSA) is 64.6 Å². The van der Waals surface area contributed by atoms with Crippen molar-refractivity contribution in [2.45, 2.75) is 70.5 Å². The Morgan fingerprint density at radius 2 is 1.79 bits per heavy atom. The summed E-state index contributed by atoms with van der Waals surface area (Å²) >= 11 is 0. The molecule has 176 valence electrons. The Bertz CT molecular complexity index is 1140. The molecule has 0 saturated heterocycles. The molecular weight excluding hydrogens is 426 g/mol. The predicted molar refractivity (Wildman–Crippen MR) is 130 cm³/mol. The lowest BCUT2D eigenvalue weighted by Gasteiger charge is -2.34. The standard InChI is InChI=1S/C29H31NO4/c1-19-26(29(32)34-22-12-5-6-13-22)27(28-24(30-19)15-8-16-25(28)31)21-11-7-14-23(17-21)33-18-20-9-3-2-4-10-20/h2-4,7,9-11,14,17,22,27,30H,5-6,8,12-13,15-16,18H2,1H3/t27-/m1/s1. The van der Waals surface area contributed by atoms with Crippen LogP contribution in [0.4, 0.5) is 0 Å². The monoisotopic (exact) mass is 457 g/mol. The molecule has 1 saturated carbocycles. The summed E-state index contributed by atoms with van der Waals surface area (Å²) in [5.41, 5.74) is 4.92. The van der Waals surface area contributed by atoms with Crippen LogP contribution in [-0.4, -0.2) is 17.9 Å². The Kier molecular flexibility index (Phi) is 6.52. The lowest BCUT2D eigenvalue weighted by atomic mass is 9.75. The molecule has 1 atom stereocenters. The number of nitrogens with one attached hydrogen (secondary N) is 1. The van der Waals surface area contributed by atoms with E-state index in [4.69, 9.17) is 9.47 Å². The third kappa shape index (κ3) is 4.65. The number of carbonyl (C=O) groups excluding carboxylic acids is 2. The van der Waals surface area contributed by atoms with E-state index in [-0.39, 0.29) is 17.9 Å². The lowest BCUT2D eigenvalue weighted by molar-refractivity contribution is -0.144. The van der Waals surface area contributed by atoms with Crippen molar-refractivity contribution in [1.82, 2.24) is 5.32 Å². The number of hydrogen-bond acceptors (Lipinski definition) is 5. The zero-order chi connectivity index (χ0) is 23.5. The first kappa shape index (κ1) is 22.5. The van der Waals surface area contributed by atoms with Gasteiger partial charge in [0.05, 0.1) is 5.57 Å². The molecular formula is C29H31NO4. The molecule has 0 aromatic heterocycles. The molecule has 0 unspecified atom stereocenters. The first-order valence-electron chi connectivity index (χ1n) is 12.3. The third-order valence-corrected chi connectivity index (χ3v) is 7.01. The maximum absolute atomic E-state index is 13.4. The Labute approximate surface area is 200 Å². The van der Waals surface area contributed by atoms with Crippen LogP contribution in [0.15, 0.2) is 77.1 Å². The van der Waals surface area contributed by atoms with Gasteiger partial charge in [-0.1, -0.05) is 42.5 Å². The van der Waals surface area contributed by atoms with Crippen LogP contribution in [0, 0.1) is 0 Å². The highest BCUT2D eigenvalue weighted by Crippen LogP contribution is 2.43. The largest absolute Gasteiger partial charge is 0.489 e. The Morgan fingerprint density at radius 3 is 2.59 bits per heavy atom. The molecule has 5 heteroatoms. The van der Waals surface area contributed by atoms with Crippen molar-refractivity contribution in [3.63, 3.8) is 0 Å². The highest BCUT2D eigenvalue weighted by Gasteiger charge is 2.40. The van der Waals surface area contributed by atoms with E-state index >= 15 is 0 Å². The number of allylic oxidation sites excluding steroid dienone is 3. The first-order chi connectivity index (χ1) is 16.6. The molecule has 0 spiro atoms. The van der Waals surface area contributed by atoms with Crippen molar-refractivity contribution in [1.29, 1.82) is 0 Å². The number of rotatable bonds is 6. The van der Waals surface area contributed by atoms with Gasteiger partial charge in [-0.05, 0) is 68.7 Å². The molecule has 5 rings (SSSR count). The highest BCUT2D eigenvalue weighted by atomic mass is 16.5. The van der Waals surface area contributed by atoms with Crippen molar-refractivity contribution < 1.29 is 19.1 Å². The average molecular weight is 458 g/mol. The van der Waals surface area contributed by atoms with Crippen LogP contribution < -0.4 is 10.1 Å². The van der Waals surface area contributed by atoms with E-state index in [9.17, 15) is 9.59 Å². The fourth-order valence-electron chi connectivity index (χ4n) is 5.33. The molecule has 34 heavy (non-hydrogen) atoms. The van der Waals surface area contributed by atoms with Crippen LogP contribution in [0.1, 0.15) is 68.9 Å². The van der Waals surface area contributed by atoms with Crippen molar-refractivity contribution in [3.05, 3.63) is 88.3 Å². The van der Waals surface area contributed by atoms with Crippen LogP contribution in [0.25, 0.3) is 0 Å². The van der Waals surface area contributed by atoms with Crippen LogP contribution in [0.3, 0.4) is 0 Å². The van der Waals surface area contributed by atoms with Gasteiger partial charge in [0.25, 0.3) is 0 Å². The van der Waals surface area contributed by atoms with Crippen molar-refractivity contribution in [2.75, 3.05) is 0 Å². The van der Waals surface area contributed by atoms with Crippen LogP contribution >= 0.6 is 0 Å². The number of ketones is 1. The smallest absolute Gasteiger partial charge is 0.337 e. The molecule has 0 amide bonds. The van der Waals surface area contributed by atoms with Gasteiger partial charge in [0.1, 0.15) is 18.5 Å². The van der Waals surface area contributed by atoms with Gasteiger partial charge in [-0.15, -0.1) is 0 Å². The molecule has 2 aliphatic carbocycles. The normalized spacial score (nSPS) is 20.7. The van der Waals surface area contributed by atoms with E-state index in [1.807, 2.05) is 61.5 Å². The summed E-state index contributed by atoms with van der Waals surface area (Å²) in [6.07, 6.45) is 6.10. The van der Waals surface area contributed by atoms with E-state index in [0.29, 0.717) is 29.9 Å². The first-order valence-corrected chi connectivity index (χ1v) is 12.3. The van der Waals surface area contributed by atoms with Crippen LogP contribution in [0.2, 0.25) is 0 Å². The van der Waals surface area contributed by atoms with Crippen LogP contribution in [-0.2, 0) is 20.9 Å². The molecule has 1 heterocycles. The van der Waals surface area contributed by atoms with Gasteiger partial charge in [-0.3, -0.25) is 4.79 Å². The minimum Gasteiger partial charge on any atom is -0.489 e. The van der Waals surface area contributed by atoms with Gasteiger partial charge in [-0.2, -0.15) is 0 Å². The minimum atomic E-state index is -0.446. The summed E-state index contributed by atoms with van der Waals surface area (Å²) in [7, 11) is 0. The fourth-order valence-corrected chi connectivity index (χ4v) is 5.33. The van der Waals surface area contributed by atoms with E-state index in [2.05, 4.69) is 5.32 Å². The Morgan fingerprint density at radius 1 is 1.00 bits per heavy atom. The zero-order valence-corrected chi connectivity index (χ0v) is 19.6. The van der Waals surface area contributed by atoms with Gasteiger partial charge in [0.15, 0.2) is 5.78 Å². The second-order valence-electron chi connectivity index (χ2n) is 9.42. The molecule has 2 aromatic carbocycles. The molecule has 0 radical (unpaired) electrons. The van der Waals surface area contributed by atoms with Gasteiger partial charge in [0, 0.05) is 29.3 Å². The molecule has 2 aromatic rings. The van der Waals surface area contributed by atoms with Crippen molar-refractivity contribution >= 4 is 11.8 Å². The molecule has 0 bridgehead atoms. The fraction of sp³-hybridized carbons (Fsp3) is 0.379. The summed E-state index contributed by atoms with van der Waals surface area (Å²) in [4.78, 5) is 26.6. The van der Waals surface area contributed by atoms with E-state index in [1.165, 1.54) is 0 Å². The Balaban J connectivity index is 1.48. The van der Waals surface area contributed by atoms with Gasteiger partial charge in [-0.25, -0.2) is 4.79 Å². The van der Waals surface area contributed by atoms with Gasteiger partial charge >= 0.3 is 5.97 Å².